The highest BCUT2D eigenvalue weighted by molar-refractivity contribution is 6.04. The molecule has 2 rings (SSSR count). The van der Waals surface area contributed by atoms with Gasteiger partial charge in [0.2, 0.25) is 0 Å². The molecule has 0 saturated heterocycles. The van der Waals surface area contributed by atoms with Crippen molar-refractivity contribution in [2.75, 3.05) is 5.32 Å². The van der Waals surface area contributed by atoms with E-state index >= 15 is 0 Å². The van der Waals surface area contributed by atoms with E-state index in [1.54, 1.807) is 0 Å². The van der Waals surface area contributed by atoms with Gasteiger partial charge in [-0.25, -0.2) is 4.39 Å². The van der Waals surface area contributed by atoms with E-state index in [1.165, 1.54) is 24.3 Å². The van der Waals surface area contributed by atoms with Crippen molar-refractivity contribution in [3.63, 3.8) is 0 Å². The fourth-order valence-corrected chi connectivity index (χ4v) is 1.87. The number of amides is 1. The summed E-state index contributed by atoms with van der Waals surface area (Å²) in [4.78, 5) is 12.1. The summed E-state index contributed by atoms with van der Waals surface area (Å²) in [6.07, 6.45) is 0. The molecule has 3 heteroatoms. The lowest BCUT2D eigenvalue weighted by Gasteiger charge is -2.19. The fourth-order valence-electron chi connectivity index (χ4n) is 1.87. The van der Waals surface area contributed by atoms with Crippen LogP contribution in [-0.2, 0) is 5.41 Å². The van der Waals surface area contributed by atoms with E-state index in [0.717, 1.165) is 11.3 Å². The maximum absolute atomic E-state index is 12.8. The zero-order valence-corrected chi connectivity index (χ0v) is 11.9. The minimum absolute atomic E-state index is 0.0244. The van der Waals surface area contributed by atoms with Crippen LogP contribution in [0.5, 0.6) is 0 Å². The van der Waals surface area contributed by atoms with E-state index < -0.39 is 0 Å². The van der Waals surface area contributed by atoms with Crippen LogP contribution < -0.4 is 5.32 Å². The number of rotatable bonds is 2. The predicted molar refractivity (Wildman–Crippen MR) is 79.5 cm³/mol. The van der Waals surface area contributed by atoms with Crippen molar-refractivity contribution in [2.24, 2.45) is 0 Å². The topological polar surface area (TPSA) is 29.1 Å². The number of nitrogens with one attached hydrogen (secondary N) is 1. The maximum atomic E-state index is 12.8. The van der Waals surface area contributed by atoms with Crippen molar-refractivity contribution >= 4 is 11.6 Å². The predicted octanol–water partition coefficient (Wildman–Crippen LogP) is 4.38. The molecule has 2 aromatic carbocycles. The van der Waals surface area contributed by atoms with Crippen LogP contribution in [0.1, 0.15) is 36.7 Å². The van der Waals surface area contributed by atoms with E-state index in [0.29, 0.717) is 5.56 Å². The Morgan fingerprint density at radius 3 is 2.30 bits per heavy atom. The summed E-state index contributed by atoms with van der Waals surface area (Å²) in [7, 11) is 0. The summed E-state index contributed by atoms with van der Waals surface area (Å²) >= 11 is 0. The van der Waals surface area contributed by atoms with Crippen LogP contribution in [0.25, 0.3) is 0 Å². The van der Waals surface area contributed by atoms with Gasteiger partial charge >= 0.3 is 0 Å². The maximum Gasteiger partial charge on any atom is 0.255 e. The summed E-state index contributed by atoms with van der Waals surface area (Å²) in [5.41, 5.74) is 2.35. The lowest BCUT2D eigenvalue weighted by molar-refractivity contribution is 0.102. The Bertz CT molecular complexity index is 612. The molecule has 0 aliphatic heterocycles. The molecule has 2 nitrogen and oxygen atoms in total. The molecular weight excluding hydrogens is 253 g/mol. The van der Waals surface area contributed by atoms with Crippen LogP contribution in [0.15, 0.2) is 48.5 Å². The first-order valence-corrected chi connectivity index (χ1v) is 6.54. The van der Waals surface area contributed by atoms with Crippen molar-refractivity contribution < 1.29 is 9.18 Å². The zero-order valence-electron chi connectivity index (χ0n) is 11.9. The standard InChI is InChI=1S/C17H18FNO/c1-17(2,3)13-5-4-6-15(11-13)19-16(20)12-7-9-14(18)10-8-12/h4-11H,1-3H3,(H,19,20). The summed E-state index contributed by atoms with van der Waals surface area (Å²) in [5, 5.41) is 2.83. The van der Waals surface area contributed by atoms with Gasteiger partial charge in [0, 0.05) is 11.3 Å². The number of benzene rings is 2. The third-order valence-electron chi connectivity index (χ3n) is 3.09. The lowest BCUT2D eigenvalue weighted by Crippen LogP contribution is -2.14. The van der Waals surface area contributed by atoms with Crippen LogP contribution in [0.3, 0.4) is 0 Å². The molecule has 104 valence electrons. The van der Waals surface area contributed by atoms with Gasteiger partial charge in [-0.1, -0.05) is 32.9 Å². The molecule has 1 amide bonds. The number of halogens is 1. The first-order valence-electron chi connectivity index (χ1n) is 6.54. The Kier molecular flexibility index (Phi) is 3.89. The van der Waals surface area contributed by atoms with Gasteiger partial charge in [-0.05, 0) is 47.4 Å². The minimum Gasteiger partial charge on any atom is -0.322 e. The summed E-state index contributed by atoms with van der Waals surface area (Å²) in [5.74, 6) is -0.590. The van der Waals surface area contributed by atoms with E-state index in [2.05, 4.69) is 26.1 Å². The number of carbonyl (C=O) groups excluding carboxylic acids is 1. The highest BCUT2D eigenvalue weighted by Crippen LogP contribution is 2.24. The molecular formula is C17H18FNO. The minimum atomic E-state index is -0.351. The van der Waals surface area contributed by atoms with Crippen molar-refractivity contribution in [2.45, 2.75) is 26.2 Å². The Morgan fingerprint density at radius 2 is 1.70 bits per heavy atom. The van der Waals surface area contributed by atoms with Gasteiger partial charge in [0.1, 0.15) is 5.82 Å². The van der Waals surface area contributed by atoms with Crippen molar-refractivity contribution in [1.82, 2.24) is 0 Å². The smallest absolute Gasteiger partial charge is 0.255 e. The number of hydrogen-bond donors (Lipinski definition) is 1. The second kappa shape index (κ2) is 5.45. The molecule has 0 spiro atoms. The van der Waals surface area contributed by atoms with Gasteiger partial charge in [0.25, 0.3) is 5.91 Å². The van der Waals surface area contributed by atoms with E-state index in [-0.39, 0.29) is 17.1 Å². The van der Waals surface area contributed by atoms with Crippen LogP contribution in [0, 0.1) is 5.82 Å². The molecule has 2 aromatic rings. The number of hydrogen-bond acceptors (Lipinski definition) is 1. The van der Waals surface area contributed by atoms with Crippen LogP contribution in [-0.4, -0.2) is 5.91 Å². The quantitative estimate of drug-likeness (QED) is 0.863. The SMILES string of the molecule is CC(C)(C)c1cccc(NC(=O)c2ccc(F)cc2)c1. The zero-order chi connectivity index (χ0) is 14.8. The van der Waals surface area contributed by atoms with Crippen molar-refractivity contribution in [3.8, 4) is 0 Å². The highest BCUT2D eigenvalue weighted by Gasteiger charge is 2.14. The Balaban J connectivity index is 2.18. The summed E-state index contributed by atoms with van der Waals surface area (Å²) in [6.45, 7) is 6.36. The second-order valence-electron chi connectivity index (χ2n) is 5.79. The first kappa shape index (κ1) is 14.3. The van der Waals surface area contributed by atoms with Crippen LogP contribution in [0.2, 0.25) is 0 Å². The van der Waals surface area contributed by atoms with Gasteiger partial charge in [-0.3, -0.25) is 4.79 Å². The largest absolute Gasteiger partial charge is 0.322 e. The molecule has 0 bridgehead atoms. The van der Waals surface area contributed by atoms with E-state index in [9.17, 15) is 9.18 Å². The number of anilines is 1. The highest BCUT2D eigenvalue weighted by atomic mass is 19.1. The Morgan fingerprint density at radius 1 is 1.05 bits per heavy atom. The second-order valence-corrected chi connectivity index (χ2v) is 5.79. The molecule has 0 unspecified atom stereocenters. The van der Waals surface area contributed by atoms with Crippen LogP contribution in [0.4, 0.5) is 10.1 Å². The molecule has 0 aliphatic rings. The van der Waals surface area contributed by atoms with Gasteiger partial charge < -0.3 is 5.32 Å². The molecule has 0 aliphatic carbocycles. The average Bonchev–Trinajstić information content (AvgIpc) is 2.38. The Labute approximate surface area is 118 Å². The summed E-state index contributed by atoms with van der Waals surface area (Å²) < 4.78 is 12.8. The molecule has 0 aromatic heterocycles. The van der Waals surface area contributed by atoms with E-state index in [4.69, 9.17) is 0 Å². The Hall–Kier alpha value is -2.16. The molecule has 0 saturated carbocycles. The normalized spacial score (nSPS) is 11.2. The van der Waals surface area contributed by atoms with Gasteiger partial charge in [-0.15, -0.1) is 0 Å². The van der Waals surface area contributed by atoms with Crippen LogP contribution >= 0.6 is 0 Å². The van der Waals surface area contributed by atoms with Gasteiger partial charge in [0.15, 0.2) is 0 Å². The molecule has 1 N–H and O–H groups in total. The summed E-state index contributed by atoms with van der Waals surface area (Å²) in [6, 6.07) is 13.3. The number of carbonyl (C=O) groups is 1. The monoisotopic (exact) mass is 271 g/mol. The molecule has 0 fully saturated rings. The van der Waals surface area contributed by atoms with E-state index in [1.807, 2.05) is 24.3 Å². The molecule has 20 heavy (non-hydrogen) atoms. The molecule has 0 heterocycles. The molecule has 0 radical (unpaired) electrons. The fraction of sp³-hybridized carbons (Fsp3) is 0.235. The van der Waals surface area contributed by atoms with Crippen molar-refractivity contribution in [1.29, 1.82) is 0 Å². The van der Waals surface area contributed by atoms with Gasteiger partial charge in [0.05, 0.1) is 0 Å². The third-order valence-corrected chi connectivity index (χ3v) is 3.09. The average molecular weight is 271 g/mol. The third kappa shape index (κ3) is 3.44. The van der Waals surface area contributed by atoms with Gasteiger partial charge in [-0.2, -0.15) is 0 Å². The lowest BCUT2D eigenvalue weighted by atomic mass is 9.87. The molecule has 0 atom stereocenters. The van der Waals surface area contributed by atoms with Crippen molar-refractivity contribution in [3.05, 3.63) is 65.5 Å². The first-order chi connectivity index (χ1) is 9.36.